The summed E-state index contributed by atoms with van der Waals surface area (Å²) >= 11 is 0. The molecule has 0 fully saturated rings. The molecule has 15 heavy (non-hydrogen) atoms. The first-order valence-electron chi connectivity index (χ1n) is 5.93. The van der Waals surface area contributed by atoms with Gasteiger partial charge in [0.1, 0.15) is 0 Å². The van der Waals surface area contributed by atoms with Crippen molar-refractivity contribution in [2.24, 2.45) is 0 Å². The summed E-state index contributed by atoms with van der Waals surface area (Å²) in [5.41, 5.74) is 4.25. The normalized spacial score (nSPS) is 12.8. The van der Waals surface area contributed by atoms with Crippen LogP contribution in [0.25, 0.3) is 0 Å². The van der Waals surface area contributed by atoms with E-state index in [0.717, 1.165) is 6.54 Å². The van der Waals surface area contributed by atoms with Crippen molar-refractivity contribution in [2.75, 3.05) is 0 Å². The molecule has 0 aliphatic carbocycles. The molecule has 1 atom stereocenters. The van der Waals surface area contributed by atoms with Crippen LogP contribution in [0.2, 0.25) is 0 Å². The van der Waals surface area contributed by atoms with Gasteiger partial charge in [-0.3, -0.25) is 0 Å². The Bertz CT molecular complexity index is 284. The summed E-state index contributed by atoms with van der Waals surface area (Å²) in [6, 6.07) is 7.13. The molecule has 1 aromatic carbocycles. The van der Waals surface area contributed by atoms with Gasteiger partial charge in [-0.2, -0.15) is 0 Å². The van der Waals surface area contributed by atoms with Crippen LogP contribution in [0.1, 0.15) is 43.4 Å². The maximum Gasteiger partial charge on any atom is 0.0213 e. The lowest BCUT2D eigenvalue weighted by atomic mass is 10.0. The summed E-state index contributed by atoms with van der Waals surface area (Å²) in [4.78, 5) is 0. The van der Waals surface area contributed by atoms with Gasteiger partial charge in [0.15, 0.2) is 0 Å². The number of benzene rings is 1. The van der Waals surface area contributed by atoms with Crippen molar-refractivity contribution in [3.8, 4) is 0 Å². The van der Waals surface area contributed by atoms with E-state index in [4.69, 9.17) is 0 Å². The number of hydrogen-bond donors (Lipinski definition) is 1. The molecule has 1 nitrogen and oxygen atoms in total. The van der Waals surface area contributed by atoms with Crippen LogP contribution in [0.3, 0.4) is 0 Å². The SMILES string of the molecule is CCCC(C)NCc1c(C)cccc1C. The molecular weight excluding hydrogens is 182 g/mol. The molecule has 0 saturated heterocycles. The Balaban J connectivity index is 2.57. The van der Waals surface area contributed by atoms with Crippen LogP contribution in [-0.2, 0) is 6.54 Å². The van der Waals surface area contributed by atoms with Gasteiger partial charge in [0.25, 0.3) is 0 Å². The molecule has 0 bridgehead atoms. The van der Waals surface area contributed by atoms with Crippen molar-refractivity contribution in [1.29, 1.82) is 0 Å². The first-order chi connectivity index (χ1) is 7.15. The molecule has 1 heteroatoms. The summed E-state index contributed by atoms with van der Waals surface area (Å²) < 4.78 is 0. The Morgan fingerprint density at radius 1 is 1.20 bits per heavy atom. The van der Waals surface area contributed by atoms with Gasteiger partial charge in [-0.05, 0) is 43.9 Å². The third-order valence-electron chi connectivity index (χ3n) is 2.99. The van der Waals surface area contributed by atoms with Crippen molar-refractivity contribution < 1.29 is 0 Å². The quantitative estimate of drug-likeness (QED) is 0.774. The van der Waals surface area contributed by atoms with Gasteiger partial charge in [-0.1, -0.05) is 31.5 Å². The van der Waals surface area contributed by atoms with Crippen molar-refractivity contribution in [3.63, 3.8) is 0 Å². The molecule has 0 heterocycles. The third-order valence-corrected chi connectivity index (χ3v) is 2.99. The fourth-order valence-electron chi connectivity index (χ4n) is 1.94. The highest BCUT2D eigenvalue weighted by Crippen LogP contribution is 2.13. The van der Waals surface area contributed by atoms with Crippen LogP contribution in [0.15, 0.2) is 18.2 Å². The molecule has 1 rings (SSSR count). The summed E-state index contributed by atoms with van der Waals surface area (Å²) in [7, 11) is 0. The number of aryl methyl sites for hydroxylation is 2. The van der Waals surface area contributed by atoms with Gasteiger partial charge >= 0.3 is 0 Å². The Kier molecular flexibility index (Phi) is 4.83. The van der Waals surface area contributed by atoms with E-state index in [-0.39, 0.29) is 0 Å². The maximum absolute atomic E-state index is 3.58. The molecule has 1 aromatic rings. The molecule has 0 aliphatic heterocycles. The minimum absolute atomic E-state index is 0.619. The molecule has 0 spiro atoms. The Morgan fingerprint density at radius 2 is 1.80 bits per heavy atom. The van der Waals surface area contributed by atoms with Crippen molar-refractivity contribution in [3.05, 3.63) is 34.9 Å². The second kappa shape index (κ2) is 5.92. The van der Waals surface area contributed by atoms with Crippen molar-refractivity contribution in [2.45, 2.75) is 53.1 Å². The topological polar surface area (TPSA) is 12.0 Å². The Hall–Kier alpha value is -0.820. The van der Waals surface area contributed by atoms with E-state index in [1.54, 1.807) is 0 Å². The van der Waals surface area contributed by atoms with Crippen LogP contribution in [0.5, 0.6) is 0 Å². The van der Waals surface area contributed by atoms with Gasteiger partial charge < -0.3 is 5.32 Å². The smallest absolute Gasteiger partial charge is 0.0213 e. The summed E-state index contributed by atoms with van der Waals surface area (Å²) in [5.74, 6) is 0. The van der Waals surface area contributed by atoms with E-state index in [9.17, 15) is 0 Å². The zero-order chi connectivity index (χ0) is 11.3. The van der Waals surface area contributed by atoms with Gasteiger partial charge in [-0.15, -0.1) is 0 Å². The molecule has 1 N–H and O–H groups in total. The van der Waals surface area contributed by atoms with Gasteiger partial charge in [0.2, 0.25) is 0 Å². The van der Waals surface area contributed by atoms with Gasteiger partial charge in [0.05, 0.1) is 0 Å². The summed E-state index contributed by atoms with van der Waals surface area (Å²) in [5, 5.41) is 3.58. The zero-order valence-corrected chi connectivity index (χ0v) is 10.4. The average molecular weight is 205 g/mol. The van der Waals surface area contributed by atoms with Gasteiger partial charge in [-0.25, -0.2) is 0 Å². The lowest BCUT2D eigenvalue weighted by Crippen LogP contribution is -2.25. The monoisotopic (exact) mass is 205 g/mol. The molecule has 0 radical (unpaired) electrons. The second-order valence-electron chi connectivity index (χ2n) is 4.44. The van der Waals surface area contributed by atoms with Crippen LogP contribution < -0.4 is 5.32 Å². The zero-order valence-electron chi connectivity index (χ0n) is 10.4. The maximum atomic E-state index is 3.58. The van der Waals surface area contributed by atoms with Crippen LogP contribution in [0.4, 0.5) is 0 Å². The molecule has 1 unspecified atom stereocenters. The molecule has 0 saturated carbocycles. The van der Waals surface area contributed by atoms with E-state index >= 15 is 0 Å². The van der Waals surface area contributed by atoms with Crippen LogP contribution in [-0.4, -0.2) is 6.04 Å². The number of nitrogens with one attached hydrogen (secondary N) is 1. The molecule has 0 aliphatic rings. The van der Waals surface area contributed by atoms with E-state index in [1.807, 2.05) is 0 Å². The van der Waals surface area contributed by atoms with E-state index in [1.165, 1.54) is 29.5 Å². The highest BCUT2D eigenvalue weighted by atomic mass is 14.9. The Morgan fingerprint density at radius 3 is 2.33 bits per heavy atom. The van der Waals surface area contributed by atoms with Gasteiger partial charge in [0, 0.05) is 12.6 Å². The first kappa shape index (κ1) is 12.3. The fourth-order valence-corrected chi connectivity index (χ4v) is 1.94. The van der Waals surface area contributed by atoms with E-state index in [2.05, 4.69) is 51.2 Å². The lowest BCUT2D eigenvalue weighted by Gasteiger charge is -2.15. The average Bonchev–Trinajstić information content (AvgIpc) is 2.17. The standard InChI is InChI=1S/C14H23N/c1-5-7-13(4)15-10-14-11(2)8-6-9-12(14)3/h6,8-9,13,15H,5,7,10H2,1-4H3. The number of rotatable bonds is 5. The highest BCUT2D eigenvalue weighted by molar-refractivity contribution is 5.33. The fraction of sp³-hybridized carbons (Fsp3) is 0.571. The van der Waals surface area contributed by atoms with E-state index < -0.39 is 0 Å². The third kappa shape index (κ3) is 3.67. The minimum atomic E-state index is 0.619. The number of hydrogen-bond acceptors (Lipinski definition) is 1. The second-order valence-corrected chi connectivity index (χ2v) is 4.44. The molecule has 0 amide bonds. The highest BCUT2D eigenvalue weighted by Gasteiger charge is 2.04. The Labute approximate surface area is 93.9 Å². The summed E-state index contributed by atoms with van der Waals surface area (Å²) in [6.45, 7) is 9.87. The molecule has 0 aromatic heterocycles. The largest absolute Gasteiger partial charge is 0.310 e. The minimum Gasteiger partial charge on any atom is -0.310 e. The van der Waals surface area contributed by atoms with E-state index in [0.29, 0.717) is 6.04 Å². The molecule has 84 valence electrons. The van der Waals surface area contributed by atoms with Crippen LogP contribution in [0, 0.1) is 13.8 Å². The molecular formula is C14H23N. The predicted molar refractivity (Wildman–Crippen MR) is 67.1 cm³/mol. The predicted octanol–water partition coefficient (Wildman–Crippen LogP) is 3.58. The van der Waals surface area contributed by atoms with Crippen LogP contribution >= 0.6 is 0 Å². The van der Waals surface area contributed by atoms with Crippen molar-refractivity contribution >= 4 is 0 Å². The van der Waals surface area contributed by atoms with Crippen molar-refractivity contribution in [1.82, 2.24) is 5.32 Å². The lowest BCUT2D eigenvalue weighted by molar-refractivity contribution is 0.507. The first-order valence-corrected chi connectivity index (χ1v) is 5.93. The summed E-state index contributed by atoms with van der Waals surface area (Å²) in [6.07, 6.45) is 2.51.